The van der Waals surface area contributed by atoms with Gasteiger partial charge in [-0.2, -0.15) is 0 Å². The number of anilines is 3. The Morgan fingerprint density at radius 1 is 1.09 bits per heavy atom. The number of rotatable bonds is 9. The summed E-state index contributed by atoms with van der Waals surface area (Å²) >= 11 is 0. The number of aliphatic imine (C=N–C) groups is 1. The van der Waals surface area contributed by atoms with Gasteiger partial charge in [0, 0.05) is 55.0 Å². The van der Waals surface area contributed by atoms with Crippen LogP contribution >= 0.6 is 0 Å². The lowest BCUT2D eigenvalue weighted by Gasteiger charge is -2.18. The molecule has 6 nitrogen and oxygen atoms in total. The van der Waals surface area contributed by atoms with E-state index in [1.165, 1.54) is 5.56 Å². The first-order valence-corrected chi connectivity index (χ1v) is 12.3. The lowest BCUT2D eigenvalue weighted by Crippen LogP contribution is -2.15. The van der Waals surface area contributed by atoms with E-state index in [4.69, 9.17) is 9.98 Å². The molecule has 0 spiro atoms. The molecule has 2 heterocycles. The van der Waals surface area contributed by atoms with E-state index < -0.39 is 0 Å². The maximum atomic E-state index is 4.90. The number of aromatic nitrogens is 3. The first-order chi connectivity index (χ1) is 17.1. The van der Waals surface area contributed by atoms with E-state index >= 15 is 0 Å². The van der Waals surface area contributed by atoms with Crippen LogP contribution in [0.3, 0.4) is 0 Å². The lowest BCUT2D eigenvalue weighted by atomic mass is 9.97. The van der Waals surface area contributed by atoms with Crippen LogP contribution in [0.15, 0.2) is 78.2 Å². The third-order valence-corrected chi connectivity index (χ3v) is 6.20. The van der Waals surface area contributed by atoms with Gasteiger partial charge in [0.15, 0.2) is 11.5 Å². The van der Waals surface area contributed by atoms with Gasteiger partial charge in [-0.1, -0.05) is 37.3 Å². The van der Waals surface area contributed by atoms with Crippen molar-refractivity contribution in [3.63, 3.8) is 0 Å². The first kappa shape index (κ1) is 24.2. The summed E-state index contributed by atoms with van der Waals surface area (Å²) in [5.41, 5.74) is 8.34. The molecule has 0 unspecified atom stereocenters. The summed E-state index contributed by atoms with van der Waals surface area (Å²) in [6, 6.07) is 17.0. The predicted molar refractivity (Wildman–Crippen MR) is 148 cm³/mol. The number of hydrogen-bond acceptors (Lipinski definition) is 5. The Kier molecular flexibility index (Phi) is 7.60. The van der Waals surface area contributed by atoms with Gasteiger partial charge in [0.05, 0.1) is 17.6 Å². The second kappa shape index (κ2) is 11.0. The number of benzene rings is 2. The fourth-order valence-corrected chi connectivity index (χ4v) is 4.18. The van der Waals surface area contributed by atoms with Crippen LogP contribution < -0.4 is 10.2 Å². The Morgan fingerprint density at radius 2 is 1.91 bits per heavy atom. The zero-order valence-corrected chi connectivity index (χ0v) is 21.3. The minimum absolute atomic E-state index is 0.705. The van der Waals surface area contributed by atoms with Gasteiger partial charge >= 0.3 is 0 Å². The monoisotopic (exact) mass is 466 g/mol. The SMILES string of the molecule is C/C=C(\C(=NCC)c1cccc(CC)c1)c1cnc2c(Nc3cccc(N(C)CC)c3)nccn12. The molecule has 0 saturated carbocycles. The second-order valence-corrected chi connectivity index (χ2v) is 8.38. The van der Waals surface area contributed by atoms with E-state index in [-0.39, 0.29) is 0 Å². The highest BCUT2D eigenvalue weighted by Gasteiger charge is 2.18. The second-order valence-electron chi connectivity index (χ2n) is 8.38. The van der Waals surface area contributed by atoms with E-state index in [1.807, 2.05) is 24.7 Å². The van der Waals surface area contributed by atoms with Gasteiger partial charge < -0.3 is 10.2 Å². The predicted octanol–water partition coefficient (Wildman–Crippen LogP) is 6.40. The highest BCUT2D eigenvalue weighted by molar-refractivity contribution is 6.31. The van der Waals surface area contributed by atoms with Gasteiger partial charge in [-0.15, -0.1) is 0 Å². The molecule has 2 aromatic heterocycles. The van der Waals surface area contributed by atoms with Gasteiger partial charge in [0.25, 0.3) is 0 Å². The van der Waals surface area contributed by atoms with Crippen molar-refractivity contribution in [1.29, 1.82) is 0 Å². The highest BCUT2D eigenvalue weighted by Crippen LogP contribution is 2.27. The molecule has 0 aliphatic carbocycles. The number of aryl methyl sites for hydroxylation is 1. The quantitative estimate of drug-likeness (QED) is 0.290. The molecule has 0 radical (unpaired) electrons. The highest BCUT2D eigenvalue weighted by atomic mass is 15.1. The molecular weight excluding hydrogens is 432 g/mol. The van der Waals surface area contributed by atoms with Gasteiger partial charge in [0.1, 0.15) is 0 Å². The van der Waals surface area contributed by atoms with E-state index in [0.717, 1.165) is 52.5 Å². The number of allylic oxidation sites excluding steroid dienone is 2. The van der Waals surface area contributed by atoms with Crippen molar-refractivity contribution < 1.29 is 0 Å². The van der Waals surface area contributed by atoms with Crippen molar-refractivity contribution in [2.45, 2.75) is 34.1 Å². The van der Waals surface area contributed by atoms with E-state index in [9.17, 15) is 0 Å². The molecule has 6 heteroatoms. The van der Waals surface area contributed by atoms with Gasteiger partial charge in [-0.05, 0) is 57.0 Å². The van der Waals surface area contributed by atoms with Crippen molar-refractivity contribution in [1.82, 2.24) is 14.4 Å². The standard InChI is InChI=1S/C29H34N6/c1-6-21-12-10-13-22(18-21)27(30-8-3)25(7-2)26-20-32-29-28(31-16-17-35(26)29)33-23-14-11-15-24(19-23)34(5)9-4/h7,10-20H,6,8-9H2,1-5H3,(H,31,33)/b25-7-,30-27?. The van der Waals surface area contributed by atoms with Crippen molar-refractivity contribution in [3.8, 4) is 0 Å². The van der Waals surface area contributed by atoms with Crippen LogP contribution in [0.1, 0.15) is 44.5 Å². The normalized spacial score (nSPS) is 12.3. The maximum absolute atomic E-state index is 4.90. The summed E-state index contributed by atoms with van der Waals surface area (Å²) in [7, 11) is 2.09. The molecule has 4 aromatic rings. The Morgan fingerprint density at radius 3 is 2.66 bits per heavy atom. The smallest absolute Gasteiger partial charge is 0.180 e. The van der Waals surface area contributed by atoms with E-state index in [2.05, 4.69) is 103 Å². The summed E-state index contributed by atoms with van der Waals surface area (Å²) in [5.74, 6) is 0.715. The molecule has 0 aliphatic heterocycles. The van der Waals surface area contributed by atoms with E-state index in [1.54, 1.807) is 0 Å². The summed E-state index contributed by atoms with van der Waals surface area (Å²) in [6.45, 7) is 10.1. The summed E-state index contributed by atoms with van der Waals surface area (Å²) < 4.78 is 2.08. The fourth-order valence-electron chi connectivity index (χ4n) is 4.18. The van der Waals surface area contributed by atoms with Gasteiger partial charge in [-0.25, -0.2) is 9.97 Å². The Balaban J connectivity index is 1.74. The fraction of sp³-hybridized carbons (Fsp3) is 0.276. The molecule has 0 fully saturated rings. The van der Waals surface area contributed by atoms with Crippen LogP contribution in [0.4, 0.5) is 17.2 Å². The summed E-state index contributed by atoms with van der Waals surface area (Å²) in [6.07, 6.45) is 8.79. The number of imidazole rings is 1. The zero-order valence-electron chi connectivity index (χ0n) is 21.3. The average molecular weight is 467 g/mol. The summed E-state index contributed by atoms with van der Waals surface area (Å²) in [4.78, 5) is 16.5. The molecule has 35 heavy (non-hydrogen) atoms. The van der Waals surface area contributed by atoms with Crippen molar-refractivity contribution >= 4 is 34.1 Å². The number of nitrogens with zero attached hydrogens (tertiary/aromatic N) is 5. The molecule has 0 saturated heterocycles. The summed E-state index contributed by atoms with van der Waals surface area (Å²) in [5, 5.41) is 3.47. The molecule has 180 valence electrons. The average Bonchev–Trinajstić information content (AvgIpc) is 3.33. The van der Waals surface area contributed by atoms with Crippen molar-refractivity contribution in [2.75, 3.05) is 30.4 Å². The van der Waals surface area contributed by atoms with Crippen LogP contribution in [0.2, 0.25) is 0 Å². The molecule has 0 amide bonds. The molecule has 0 aliphatic rings. The minimum atomic E-state index is 0.705. The van der Waals surface area contributed by atoms with Gasteiger partial charge in [-0.3, -0.25) is 9.39 Å². The number of hydrogen-bond donors (Lipinski definition) is 1. The minimum Gasteiger partial charge on any atom is -0.375 e. The molecule has 0 atom stereocenters. The number of fused-ring (bicyclic) bond motifs is 1. The topological polar surface area (TPSA) is 57.8 Å². The van der Waals surface area contributed by atoms with Crippen LogP contribution in [0.25, 0.3) is 11.2 Å². The molecule has 4 rings (SSSR count). The molecule has 1 N–H and O–H groups in total. The van der Waals surface area contributed by atoms with Gasteiger partial charge in [0.2, 0.25) is 0 Å². The van der Waals surface area contributed by atoms with Crippen molar-refractivity contribution in [3.05, 3.63) is 90.0 Å². The van der Waals surface area contributed by atoms with Crippen LogP contribution in [-0.2, 0) is 6.42 Å². The van der Waals surface area contributed by atoms with Crippen LogP contribution in [-0.4, -0.2) is 40.2 Å². The molecular formula is C29H34N6. The third-order valence-electron chi connectivity index (χ3n) is 6.20. The Bertz CT molecular complexity index is 1360. The Labute approximate surface area is 208 Å². The maximum Gasteiger partial charge on any atom is 0.180 e. The van der Waals surface area contributed by atoms with E-state index in [0.29, 0.717) is 12.4 Å². The zero-order chi connectivity index (χ0) is 24.8. The largest absolute Gasteiger partial charge is 0.375 e. The van der Waals surface area contributed by atoms with Crippen LogP contribution in [0.5, 0.6) is 0 Å². The lowest BCUT2D eigenvalue weighted by molar-refractivity contribution is 0.968. The first-order valence-electron chi connectivity index (χ1n) is 12.3. The molecule has 0 bridgehead atoms. The number of nitrogens with one attached hydrogen (secondary N) is 1. The van der Waals surface area contributed by atoms with Crippen molar-refractivity contribution in [2.24, 2.45) is 4.99 Å². The molecule has 2 aromatic carbocycles. The third kappa shape index (κ3) is 5.11. The van der Waals surface area contributed by atoms with Crippen LogP contribution in [0, 0.1) is 0 Å². The Hall–Kier alpha value is -3.93.